The van der Waals surface area contributed by atoms with Gasteiger partial charge in [0.05, 0.1) is 12.8 Å². The summed E-state index contributed by atoms with van der Waals surface area (Å²) in [5, 5.41) is 0.310. The number of aromatic nitrogens is 1. The summed E-state index contributed by atoms with van der Waals surface area (Å²) in [7, 11) is 1.25. The summed E-state index contributed by atoms with van der Waals surface area (Å²) in [6.45, 7) is 3.60. The molecule has 0 aliphatic rings. The van der Waals surface area contributed by atoms with Gasteiger partial charge in [0.2, 0.25) is 0 Å². The SMILES string of the molecule is CCc1nc(N)sc1C(=O)OC(CC)C(=O)OC. The number of hydrogen-bond donors (Lipinski definition) is 1. The number of nitrogens with two attached hydrogens (primary N) is 1. The summed E-state index contributed by atoms with van der Waals surface area (Å²) >= 11 is 1.06. The molecule has 1 rings (SSSR count). The van der Waals surface area contributed by atoms with Crippen LogP contribution in [0.3, 0.4) is 0 Å². The largest absolute Gasteiger partial charge is 0.466 e. The molecule has 1 aromatic rings. The number of hydrogen-bond acceptors (Lipinski definition) is 7. The molecule has 6 nitrogen and oxygen atoms in total. The van der Waals surface area contributed by atoms with Crippen molar-refractivity contribution in [2.45, 2.75) is 32.8 Å². The molecule has 0 aliphatic carbocycles. The van der Waals surface area contributed by atoms with Crippen LogP contribution >= 0.6 is 11.3 Å². The molecule has 0 saturated heterocycles. The molecule has 0 radical (unpaired) electrons. The number of rotatable bonds is 5. The molecule has 0 amide bonds. The van der Waals surface area contributed by atoms with Crippen molar-refractivity contribution in [2.75, 3.05) is 12.8 Å². The molecular formula is C11H16N2O4S. The summed E-state index contributed by atoms with van der Waals surface area (Å²) in [5.74, 6) is -1.15. The van der Waals surface area contributed by atoms with Gasteiger partial charge in [-0.1, -0.05) is 25.2 Å². The van der Waals surface area contributed by atoms with E-state index in [0.717, 1.165) is 11.3 Å². The molecule has 1 unspecified atom stereocenters. The molecule has 1 heterocycles. The van der Waals surface area contributed by atoms with Crippen LogP contribution in [0.5, 0.6) is 0 Å². The molecule has 100 valence electrons. The summed E-state index contributed by atoms with van der Waals surface area (Å²) in [6.07, 6.45) is 0.0388. The molecule has 0 aromatic carbocycles. The molecule has 0 bridgehead atoms. The lowest BCUT2D eigenvalue weighted by Crippen LogP contribution is -2.27. The number of ether oxygens (including phenoxy) is 2. The Morgan fingerprint density at radius 1 is 1.44 bits per heavy atom. The third kappa shape index (κ3) is 3.19. The zero-order chi connectivity index (χ0) is 13.7. The molecule has 18 heavy (non-hydrogen) atoms. The highest BCUT2D eigenvalue weighted by Crippen LogP contribution is 2.22. The quantitative estimate of drug-likeness (QED) is 0.814. The van der Waals surface area contributed by atoms with Crippen molar-refractivity contribution in [1.82, 2.24) is 4.98 Å². The maximum absolute atomic E-state index is 11.9. The Labute approximate surface area is 109 Å². The smallest absolute Gasteiger partial charge is 0.351 e. The maximum atomic E-state index is 11.9. The first-order chi connectivity index (χ1) is 8.53. The van der Waals surface area contributed by atoms with Crippen molar-refractivity contribution < 1.29 is 19.1 Å². The summed E-state index contributed by atoms with van der Waals surface area (Å²) in [4.78, 5) is 27.6. The number of esters is 2. The molecule has 0 spiro atoms. The number of carbonyl (C=O) groups is 2. The Balaban J connectivity index is 2.83. The third-order valence-electron chi connectivity index (χ3n) is 2.32. The van der Waals surface area contributed by atoms with Crippen LogP contribution in [0.1, 0.15) is 35.6 Å². The van der Waals surface area contributed by atoms with Crippen LogP contribution in [0.15, 0.2) is 0 Å². The van der Waals surface area contributed by atoms with Crippen molar-refractivity contribution in [3.63, 3.8) is 0 Å². The molecule has 0 fully saturated rings. The highest BCUT2D eigenvalue weighted by atomic mass is 32.1. The number of aryl methyl sites for hydroxylation is 1. The van der Waals surface area contributed by atoms with E-state index in [2.05, 4.69) is 9.72 Å². The van der Waals surface area contributed by atoms with Gasteiger partial charge in [0, 0.05) is 0 Å². The highest BCUT2D eigenvalue weighted by molar-refractivity contribution is 7.17. The summed E-state index contributed by atoms with van der Waals surface area (Å²) < 4.78 is 9.64. The van der Waals surface area contributed by atoms with E-state index >= 15 is 0 Å². The lowest BCUT2D eigenvalue weighted by atomic mass is 10.2. The Kier molecular flexibility index (Phi) is 5.08. The van der Waals surface area contributed by atoms with Gasteiger partial charge in [0.15, 0.2) is 11.2 Å². The van der Waals surface area contributed by atoms with Gasteiger partial charge in [-0.3, -0.25) is 0 Å². The van der Waals surface area contributed by atoms with E-state index in [1.807, 2.05) is 6.92 Å². The second kappa shape index (κ2) is 6.34. The number of nitrogen functional groups attached to an aromatic ring is 1. The molecule has 7 heteroatoms. The van der Waals surface area contributed by atoms with E-state index in [-0.39, 0.29) is 0 Å². The summed E-state index contributed by atoms with van der Waals surface area (Å²) in [6, 6.07) is 0. The van der Waals surface area contributed by atoms with Gasteiger partial charge >= 0.3 is 11.9 Å². The Morgan fingerprint density at radius 2 is 2.11 bits per heavy atom. The van der Waals surface area contributed by atoms with Crippen LogP contribution in [0.4, 0.5) is 5.13 Å². The molecular weight excluding hydrogens is 256 g/mol. The molecule has 2 N–H and O–H groups in total. The Morgan fingerprint density at radius 3 is 2.61 bits per heavy atom. The van der Waals surface area contributed by atoms with E-state index in [9.17, 15) is 9.59 Å². The first-order valence-electron chi connectivity index (χ1n) is 5.57. The monoisotopic (exact) mass is 272 g/mol. The fraction of sp³-hybridized carbons (Fsp3) is 0.545. The highest BCUT2D eigenvalue weighted by Gasteiger charge is 2.25. The zero-order valence-corrected chi connectivity index (χ0v) is 11.4. The van der Waals surface area contributed by atoms with E-state index < -0.39 is 18.0 Å². The second-order valence-corrected chi connectivity index (χ2v) is 4.54. The molecule has 1 atom stereocenters. The van der Waals surface area contributed by atoms with Gasteiger partial charge in [-0.15, -0.1) is 0 Å². The van der Waals surface area contributed by atoms with E-state index in [0.29, 0.717) is 28.5 Å². The average molecular weight is 272 g/mol. The van der Waals surface area contributed by atoms with E-state index in [1.54, 1.807) is 6.92 Å². The van der Waals surface area contributed by atoms with Crippen LogP contribution < -0.4 is 5.73 Å². The first-order valence-corrected chi connectivity index (χ1v) is 6.39. The van der Waals surface area contributed by atoms with Gasteiger partial charge in [0.25, 0.3) is 0 Å². The lowest BCUT2D eigenvalue weighted by molar-refractivity contribution is -0.151. The minimum absolute atomic E-state index is 0.310. The average Bonchev–Trinajstić information content (AvgIpc) is 2.76. The van der Waals surface area contributed by atoms with Gasteiger partial charge in [-0.25, -0.2) is 14.6 Å². The van der Waals surface area contributed by atoms with Crippen LogP contribution in [-0.4, -0.2) is 30.1 Å². The molecule has 0 saturated carbocycles. The number of nitrogens with zero attached hydrogens (tertiary/aromatic N) is 1. The fourth-order valence-electron chi connectivity index (χ4n) is 1.38. The topological polar surface area (TPSA) is 91.5 Å². The van der Waals surface area contributed by atoms with Gasteiger partial charge in [-0.2, -0.15) is 0 Å². The zero-order valence-electron chi connectivity index (χ0n) is 10.6. The fourth-order valence-corrected chi connectivity index (χ4v) is 2.19. The number of thiazole rings is 1. The standard InChI is InChI=1S/C11H16N2O4S/c1-4-6-8(18-11(12)13-6)10(15)17-7(5-2)9(14)16-3/h7H,4-5H2,1-3H3,(H2,12,13). The minimum Gasteiger partial charge on any atom is -0.466 e. The van der Waals surface area contributed by atoms with Crippen LogP contribution in [-0.2, 0) is 20.7 Å². The summed E-state index contributed by atoms with van der Waals surface area (Å²) in [5.41, 5.74) is 6.14. The predicted octanol–water partition coefficient (Wildman–Crippen LogP) is 1.40. The van der Waals surface area contributed by atoms with Crippen molar-refractivity contribution in [1.29, 1.82) is 0 Å². The number of anilines is 1. The second-order valence-electron chi connectivity index (χ2n) is 3.51. The third-order valence-corrected chi connectivity index (χ3v) is 3.23. The van der Waals surface area contributed by atoms with E-state index in [1.165, 1.54) is 7.11 Å². The number of carbonyl (C=O) groups excluding carboxylic acids is 2. The van der Waals surface area contributed by atoms with Gasteiger partial charge in [0.1, 0.15) is 4.88 Å². The minimum atomic E-state index is -0.893. The maximum Gasteiger partial charge on any atom is 0.351 e. The van der Waals surface area contributed by atoms with Gasteiger partial charge < -0.3 is 15.2 Å². The lowest BCUT2D eigenvalue weighted by Gasteiger charge is -2.13. The van der Waals surface area contributed by atoms with Crippen molar-refractivity contribution in [3.05, 3.63) is 10.6 Å². The van der Waals surface area contributed by atoms with Crippen molar-refractivity contribution in [2.24, 2.45) is 0 Å². The predicted molar refractivity (Wildman–Crippen MR) is 67.4 cm³/mol. The normalized spacial score (nSPS) is 11.9. The van der Waals surface area contributed by atoms with Crippen molar-refractivity contribution >= 4 is 28.4 Å². The Hall–Kier alpha value is -1.63. The number of methoxy groups -OCH3 is 1. The van der Waals surface area contributed by atoms with Crippen LogP contribution in [0.25, 0.3) is 0 Å². The van der Waals surface area contributed by atoms with Crippen LogP contribution in [0, 0.1) is 0 Å². The van der Waals surface area contributed by atoms with Gasteiger partial charge in [-0.05, 0) is 12.8 Å². The first kappa shape index (κ1) is 14.4. The van der Waals surface area contributed by atoms with E-state index in [4.69, 9.17) is 10.5 Å². The van der Waals surface area contributed by atoms with Crippen molar-refractivity contribution in [3.8, 4) is 0 Å². The molecule has 0 aliphatic heterocycles. The Bertz CT molecular complexity index is 444. The van der Waals surface area contributed by atoms with Crippen LogP contribution in [0.2, 0.25) is 0 Å². The molecule has 1 aromatic heterocycles.